The molecule has 0 saturated carbocycles. The molecule has 7 heteroatoms. The molecule has 2 aromatic rings. The van der Waals surface area contributed by atoms with Gasteiger partial charge in [0.1, 0.15) is 0 Å². The topological polar surface area (TPSA) is 87.7 Å². The molecule has 0 amide bonds. The Morgan fingerprint density at radius 3 is 2.28 bits per heavy atom. The molecule has 7 nitrogen and oxygen atoms in total. The van der Waals surface area contributed by atoms with Gasteiger partial charge in [0, 0.05) is 28.9 Å². The van der Waals surface area contributed by atoms with E-state index in [0.717, 1.165) is 32.5 Å². The normalized spacial score (nSPS) is 12.5. The lowest BCUT2D eigenvalue weighted by Crippen LogP contribution is -2.29. The molecule has 3 rings (SSSR count). The number of ether oxygens (including phenoxy) is 1. The van der Waals surface area contributed by atoms with E-state index >= 15 is 0 Å². The first-order valence-electron chi connectivity index (χ1n) is 11.1. The van der Waals surface area contributed by atoms with E-state index in [1.54, 1.807) is 37.3 Å². The quantitative estimate of drug-likeness (QED) is 0.333. The van der Waals surface area contributed by atoms with Crippen LogP contribution in [0, 0.1) is 0 Å². The van der Waals surface area contributed by atoms with Gasteiger partial charge in [-0.05, 0) is 52.5 Å². The number of fused-ring (bicyclic) bond motifs is 2. The number of hydrogen-bond donors (Lipinski definition) is 2. The molecule has 2 N–H and O–H groups in total. The van der Waals surface area contributed by atoms with Gasteiger partial charge in [-0.15, -0.1) is 0 Å². The Labute approximate surface area is 189 Å². The third-order valence-electron chi connectivity index (χ3n) is 5.45. The van der Waals surface area contributed by atoms with E-state index in [0.29, 0.717) is 41.1 Å². The monoisotopic (exact) mass is 437 g/mol. The Hall–Kier alpha value is -3.03. The van der Waals surface area contributed by atoms with Crippen molar-refractivity contribution >= 4 is 23.2 Å². The number of esters is 1. The maximum absolute atomic E-state index is 13.0. The molecule has 0 radical (unpaired) electrons. The highest BCUT2D eigenvalue weighted by atomic mass is 16.5. The van der Waals surface area contributed by atoms with Crippen LogP contribution in [0.1, 0.15) is 51.6 Å². The maximum Gasteiger partial charge on any atom is 0.319 e. The fraction of sp³-hybridized carbons (Fsp3) is 0.400. The van der Waals surface area contributed by atoms with E-state index < -0.39 is 0 Å². The van der Waals surface area contributed by atoms with Gasteiger partial charge in [0.2, 0.25) is 0 Å². The zero-order valence-corrected chi connectivity index (χ0v) is 18.8. The summed E-state index contributed by atoms with van der Waals surface area (Å²) in [7, 11) is 2.06. The standard InChI is InChI=1S/C25H31N3O4/c1-3-32-22(29)17-26-13-7-15-28(2)16-8-14-27-21-12-6-11-20-23(21)25(31)19-10-5-4-9-18(19)24(20)30/h4-6,9-12,26-27H,3,7-8,13-17H2,1-2H3. The third-order valence-corrected chi connectivity index (χ3v) is 5.45. The first-order chi connectivity index (χ1) is 15.5. The van der Waals surface area contributed by atoms with Crippen molar-refractivity contribution in [3.05, 3.63) is 64.7 Å². The summed E-state index contributed by atoms with van der Waals surface area (Å²) in [5, 5.41) is 6.43. The van der Waals surface area contributed by atoms with Gasteiger partial charge in [0.25, 0.3) is 0 Å². The first-order valence-corrected chi connectivity index (χ1v) is 11.1. The fourth-order valence-corrected chi connectivity index (χ4v) is 3.85. The minimum Gasteiger partial charge on any atom is -0.465 e. The molecule has 1 aliphatic carbocycles. The number of rotatable bonds is 12. The number of nitrogens with zero attached hydrogens (tertiary/aromatic N) is 1. The molecule has 2 aromatic carbocycles. The van der Waals surface area contributed by atoms with Crippen molar-refractivity contribution in [3.8, 4) is 0 Å². The highest BCUT2D eigenvalue weighted by Crippen LogP contribution is 2.31. The third kappa shape index (κ3) is 5.81. The molecule has 32 heavy (non-hydrogen) atoms. The molecule has 170 valence electrons. The van der Waals surface area contributed by atoms with E-state index in [4.69, 9.17) is 4.74 Å². The molecule has 0 spiro atoms. The lowest BCUT2D eigenvalue weighted by molar-refractivity contribution is -0.142. The lowest BCUT2D eigenvalue weighted by atomic mass is 9.83. The van der Waals surface area contributed by atoms with Crippen LogP contribution in [0.2, 0.25) is 0 Å². The molecule has 0 saturated heterocycles. The molecule has 1 aliphatic rings. The Bertz CT molecular complexity index is 973. The van der Waals surface area contributed by atoms with Gasteiger partial charge in [-0.2, -0.15) is 0 Å². The number of carbonyl (C=O) groups excluding carboxylic acids is 3. The lowest BCUT2D eigenvalue weighted by Gasteiger charge is -2.21. The highest BCUT2D eigenvalue weighted by molar-refractivity contribution is 6.30. The van der Waals surface area contributed by atoms with Crippen LogP contribution in [0.4, 0.5) is 5.69 Å². The Morgan fingerprint density at radius 1 is 0.906 bits per heavy atom. The second kappa shape index (κ2) is 11.5. The summed E-state index contributed by atoms with van der Waals surface area (Å²) in [5.74, 6) is -0.431. The van der Waals surface area contributed by atoms with Crippen molar-refractivity contribution in [1.29, 1.82) is 0 Å². The van der Waals surface area contributed by atoms with Gasteiger partial charge >= 0.3 is 5.97 Å². The molecular weight excluding hydrogens is 406 g/mol. The number of ketones is 2. The molecule has 0 heterocycles. The number of hydrogen-bond acceptors (Lipinski definition) is 7. The molecule has 0 aromatic heterocycles. The van der Waals surface area contributed by atoms with Crippen LogP contribution < -0.4 is 10.6 Å². The number of nitrogens with one attached hydrogen (secondary N) is 2. The Kier molecular flexibility index (Phi) is 8.53. The highest BCUT2D eigenvalue weighted by Gasteiger charge is 2.31. The molecule has 0 fully saturated rings. The average Bonchev–Trinajstić information content (AvgIpc) is 2.80. The molecule has 0 unspecified atom stereocenters. The fourth-order valence-electron chi connectivity index (χ4n) is 3.85. The van der Waals surface area contributed by atoms with Crippen LogP contribution in [-0.2, 0) is 9.53 Å². The zero-order valence-electron chi connectivity index (χ0n) is 18.8. The number of anilines is 1. The van der Waals surface area contributed by atoms with Crippen LogP contribution in [0.3, 0.4) is 0 Å². The maximum atomic E-state index is 13.0. The number of benzene rings is 2. The van der Waals surface area contributed by atoms with Crippen molar-refractivity contribution in [2.45, 2.75) is 19.8 Å². The van der Waals surface area contributed by atoms with E-state index in [1.165, 1.54) is 0 Å². The van der Waals surface area contributed by atoms with Gasteiger partial charge in [-0.25, -0.2) is 0 Å². The van der Waals surface area contributed by atoms with Crippen molar-refractivity contribution in [1.82, 2.24) is 10.2 Å². The summed E-state index contributed by atoms with van der Waals surface area (Å²) in [6.07, 6.45) is 1.83. The van der Waals surface area contributed by atoms with Gasteiger partial charge in [0.05, 0.1) is 18.7 Å². The molecule has 0 aliphatic heterocycles. The summed E-state index contributed by atoms with van der Waals surface area (Å²) >= 11 is 0. The minimum atomic E-state index is -0.223. The van der Waals surface area contributed by atoms with Crippen LogP contribution in [0.25, 0.3) is 0 Å². The predicted molar refractivity (Wildman–Crippen MR) is 124 cm³/mol. The van der Waals surface area contributed by atoms with Crippen LogP contribution >= 0.6 is 0 Å². The Balaban J connectivity index is 1.44. The van der Waals surface area contributed by atoms with E-state index in [-0.39, 0.29) is 24.1 Å². The first kappa shape index (κ1) is 23.6. The van der Waals surface area contributed by atoms with Gasteiger partial charge < -0.3 is 20.3 Å². The van der Waals surface area contributed by atoms with Crippen LogP contribution in [-0.4, -0.2) is 68.8 Å². The smallest absolute Gasteiger partial charge is 0.319 e. The van der Waals surface area contributed by atoms with Crippen molar-refractivity contribution in [2.75, 3.05) is 51.7 Å². The van der Waals surface area contributed by atoms with E-state index in [2.05, 4.69) is 22.6 Å². The van der Waals surface area contributed by atoms with Crippen molar-refractivity contribution in [2.24, 2.45) is 0 Å². The SMILES string of the molecule is CCOC(=O)CNCCCN(C)CCCNc1cccc2c1C(=O)c1ccccc1C2=O. The van der Waals surface area contributed by atoms with Gasteiger partial charge in [-0.1, -0.05) is 36.4 Å². The summed E-state index contributed by atoms with van der Waals surface area (Å²) in [5.41, 5.74) is 2.58. The van der Waals surface area contributed by atoms with Crippen molar-refractivity contribution < 1.29 is 19.1 Å². The minimum absolute atomic E-state index is 0.102. The van der Waals surface area contributed by atoms with Crippen LogP contribution in [0.15, 0.2) is 42.5 Å². The average molecular weight is 438 g/mol. The molecule has 0 bridgehead atoms. The second-order valence-corrected chi connectivity index (χ2v) is 7.85. The summed E-state index contributed by atoms with van der Waals surface area (Å²) in [6.45, 7) is 5.72. The summed E-state index contributed by atoms with van der Waals surface area (Å²) in [4.78, 5) is 39.4. The molecular formula is C25H31N3O4. The zero-order chi connectivity index (χ0) is 22.9. The summed E-state index contributed by atoms with van der Waals surface area (Å²) in [6, 6.07) is 12.4. The van der Waals surface area contributed by atoms with Crippen LogP contribution in [0.5, 0.6) is 0 Å². The summed E-state index contributed by atoms with van der Waals surface area (Å²) < 4.78 is 4.88. The van der Waals surface area contributed by atoms with E-state index in [9.17, 15) is 14.4 Å². The largest absolute Gasteiger partial charge is 0.465 e. The predicted octanol–water partition coefficient (Wildman–Crippen LogP) is 2.74. The van der Waals surface area contributed by atoms with Gasteiger partial charge in [0.15, 0.2) is 11.6 Å². The van der Waals surface area contributed by atoms with E-state index in [1.807, 2.05) is 12.1 Å². The second-order valence-electron chi connectivity index (χ2n) is 7.85. The van der Waals surface area contributed by atoms with Crippen molar-refractivity contribution in [3.63, 3.8) is 0 Å². The van der Waals surface area contributed by atoms with Gasteiger partial charge in [-0.3, -0.25) is 14.4 Å². The Morgan fingerprint density at radius 2 is 1.56 bits per heavy atom. The number of carbonyl (C=O) groups is 3. The molecule has 0 atom stereocenters.